The van der Waals surface area contributed by atoms with Crippen molar-refractivity contribution in [1.29, 1.82) is 5.26 Å². The first-order valence-corrected chi connectivity index (χ1v) is 7.42. The van der Waals surface area contributed by atoms with Gasteiger partial charge in [0, 0.05) is 13.0 Å². The molecule has 0 bridgehead atoms. The summed E-state index contributed by atoms with van der Waals surface area (Å²) in [5.41, 5.74) is 1.18. The number of nitriles is 1. The smallest absolute Gasteiger partial charge is 0.223 e. The number of thiophene rings is 1. The second-order valence-corrected chi connectivity index (χ2v) is 5.21. The second-order valence-electron chi connectivity index (χ2n) is 4.43. The average Bonchev–Trinajstić information content (AvgIpc) is 3.13. The van der Waals surface area contributed by atoms with Crippen LogP contribution in [0.1, 0.15) is 24.2 Å². The highest BCUT2D eigenvalue weighted by Crippen LogP contribution is 2.12. The van der Waals surface area contributed by atoms with Crippen molar-refractivity contribution in [3.63, 3.8) is 0 Å². The zero-order valence-electron chi connectivity index (χ0n) is 11.1. The summed E-state index contributed by atoms with van der Waals surface area (Å²) in [4.78, 5) is 13.9. The monoisotopic (exact) mass is 288 g/mol. The van der Waals surface area contributed by atoms with Crippen LogP contribution in [0.15, 0.2) is 39.6 Å². The van der Waals surface area contributed by atoms with E-state index in [0.717, 1.165) is 12.2 Å². The van der Waals surface area contributed by atoms with Gasteiger partial charge in [-0.05, 0) is 40.9 Å². The first kappa shape index (κ1) is 14.4. The lowest BCUT2D eigenvalue weighted by Gasteiger charge is -2.20. The quantitative estimate of drug-likeness (QED) is 0.786. The molecule has 1 amide bonds. The van der Waals surface area contributed by atoms with E-state index in [1.54, 1.807) is 28.6 Å². The van der Waals surface area contributed by atoms with Gasteiger partial charge in [0.05, 0.1) is 25.3 Å². The van der Waals surface area contributed by atoms with Gasteiger partial charge in [0.1, 0.15) is 5.76 Å². The first-order valence-electron chi connectivity index (χ1n) is 6.48. The molecule has 0 aliphatic heterocycles. The summed E-state index contributed by atoms with van der Waals surface area (Å²) in [7, 11) is 0. The van der Waals surface area contributed by atoms with Gasteiger partial charge >= 0.3 is 0 Å². The molecule has 5 heteroatoms. The second kappa shape index (κ2) is 7.51. The lowest BCUT2D eigenvalue weighted by Crippen LogP contribution is -2.31. The maximum Gasteiger partial charge on any atom is 0.223 e. The number of aryl methyl sites for hydroxylation is 1. The number of nitrogens with zero attached hydrogens (tertiary/aromatic N) is 2. The Balaban J connectivity index is 1.91. The van der Waals surface area contributed by atoms with Crippen LogP contribution >= 0.6 is 11.3 Å². The standard InChI is InChI=1S/C15H16N2O2S/c16-7-2-8-17(11-14-3-1-9-19-14)15(18)5-4-13-6-10-20-12-13/h1,3,6,9-10,12H,2,4-5,8,11H2. The molecule has 0 spiro atoms. The third kappa shape index (κ3) is 4.25. The van der Waals surface area contributed by atoms with E-state index in [0.29, 0.717) is 25.9 Å². The van der Waals surface area contributed by atoms with Gasteiger partial charge in [-0.15, -0.1) is 0 Å². The minimum absolute atomic E-state index is 0.0582. The van der Waals surface area contributed by atoms with Crippen molar-refractivity contribution in [2.24, 2.45) is 0 Å². The minimum Gasteiger partial charge on any atom is -0.467 e. The number of carbonyl (C=O) groups excluding carboxylic acids is 1. The molecule has 0 unspecified atom stereocenters. The van der Waals surface area contributed by atoms with Crippen molar-refractivity contribution in [3.8, 4) is 6.07 Å². The molecular formula is C15H16N2O2S. The molecule has 0 saturated carbocycles. The minimum atomic E-state index is 0.0582. The Kier molecular flexibility index (Phi) is 5.39. The zero-order valence-corrected chi connectivity index (χ0v) is 11.9. The summed E-state index contributed by atoms with van der Waals surface area (Å²) in [6.07, 6.45) is 3.13. The highest BCUT2D eigenvalue weighted by molar-refractivity contribution is 7.07. The molecule has 4 nitrogen and oxygen atoms in total. The molecule has 0 radical (unpaired) electrons. The molecule has 0 atom stereocenters. The van der Waals surface area contributed by atoms with Gasteiger partial charge in [-0.1, -0.05) is 0 Å². The van der Waals surface area contributed by atoms with Crippen LogP contribution in [0.5, 0.6) is 0 Å². The van der Waals surface area contributed by atoms with Crippen LogP contribution < -0.4 is 0 Å². The summed E-state index contributed by atoms with van der Waals surface area (Å²) in [5, 5.41) is 12.8. The van der Waals surface area contributed by atoms with Gasteiger partial charge in [0.15, 0.2) is 0 Å². The van der Waals surface area contributed by atoms with E-state index in [1.165, 1.54) is 5.56 Å². The van der Waals surface area contributed by atoms with Crippen LogP contribution in [0.3, 0.4) is 0 Å². The van der Waals surface area contributed by atoms with Crippen LogP contribution in [0, 0.1) is 11.3 Å². The van der Waals surface area contributed by atoms with E-state index in [2.05, 4.69) is 11.4 Å². The molecule has 0 aliphatic carbocycles. The van der Waals surface area contributed by atoms with Gasteiger partial charge in [-0.25, -0.2) is 0 Å². The Hall–Kier alpha value is -2.06. The summed E-state index contributed by atoms with van der Waals surface area (Å²) in [5.74, 6) is 0.801. The molecule has 0 saturated heterocycles. The van der Waals surface area contributed by atoms with Gasteiger partial charge in [-0.2, -0.15) is 16.6 Å². The molecule has 2 aromatic heterocycles. The van der Waals surface area contributed by atoms with E-state index in [-0.39, 0.29) is 5.91 Å². The van der Waals surface area contributed by atoms with Crippen molar-refractivity contribution in [1.82, 2.24) is 4.90 Å². The van der Waals surface area contributed by atoms with Gasteiger partial charge in [-0.3, -0.25) is 4.79 Å². The Morgan fingerprint density at radius 3 is 3.00 bits per heavy atom. The maximum atomic E-state index is 12.2. The predicted octanol–water partition coefficient (Wildman–Crippen LogP) is 3.22. The molecule has 2 rings (SSSR count). The highest BCUT2D eigenvalue weighted by Gasteiger charge is 2.15. The molecule has 20 heavy (non-hydrogen) atoms. The van der Waals surface area contributed by atoms with E-state index >= 15 is 0 Å². The third-order valence-corrected chi connectivity index (χ3v) is 3.71. The molecule has 104 valence electrons. The number of hydrogen-bond donors (Lipinski definition) is 0. The molecule has 0 N–H and O–H groups in total. The van der Waals surface area contributed by atoms with E-state index in [4.69, 9.17) is 9.68 Å². The number of furan rings is 1. The third-order valence-electron chi connectivity index (χ3n) is 2.98. The lowest BCUT2D eigenvalue weighted by atomic mass is 10.1. The van der Waals surface area contributed by atoms with Crippen LogP contribution in [-0.4, -0.2) is 17.4 Å². The van der Waals surface area contributed by atoms with Gasteiger partial charge in [0.25, 0.3) is 0 Å². The largest absolute Gasteiger partial charge is 0.467 e. The zero-order chi connectivity index (χ0) is 14.2. The topological polar surface area (TPSA) is 57.2 Å². The van der Waals surface area contributed by atoms with Crippen molar-refractivity contribution >= 4 is 17.2 Å². The maximum absolute atomic E-state index is 12.2. The molecule has 2 aromatic rings. The predicted molar refractivity (Wildman–Crippen MR) is 77.0 cm³/mol. The number of carbonyl (C=O) groups is 1. The molecule has 0 aromatic carbocycles. The van der Waals surface area contributed by atoms with Crippen LogP contribution in [0.25, 0.3) is 0 Å². The Morgan fingerprint density at radius 2 is 2.35 bits per heavy atom. The Labute approximate surface area is 122 Å². The molecular weight excluding hydrogens is 272 g/mol. The summed E-state index contributed by atoms with van der Waals surface area (Å²) in [6, 6.07) is 7.75. The fourth-order valence-corrected chi connectivity index (χ4v) is 2.61. The SMILES string of the molecule is N#CCCN(Cc1ccco1)C(=O)CCc1ccsc1. The molecule has 0 fully saturated rings. The summed E-state index contributed by atoms with van der Waals surface area (Å²) in [6.45, 7) is 0.872. The number of hydrogen-bond acceptors (Lipinski definition) is 4. The van der Waals surface area contributed by atoms with Gasteiger partial charge < -0.3 is 9.32 Å². The van der Waals surface area contributed by atoms with Crippen LogP contribution in [0.4, 0.5) is 0 Å². The van der Waals surface area contributed by atoms with Crippen molar-refractivity contribution in [2.75, 3.05) is 6.54 Å². The van der Waals surface area contributed by atoms with Gasteiger partial charge in [0.2, 0.25) is 5.91 Å². The fraction of sp³-hybridized carbons (Fsp3) is 0.333. The highest BCUT2D eigenvalue weighted by atomic mass is 32.1. The van der Waals surface area contributed by atoms with E-state index in [1.807, 2.05) is 17.5 Å². The lowest BCUT2D eigenvalue weighted by molar-refractivity contribution is -0.132. The van der Waals surface area contributed by atoms with Crippen molar-refractivity contribution in [3.05, 3.63) is 46.5 Å². The average molecular weight is 288 g/mol. The number of rotatable bonds is 7. The summed E-state index contributed by atoms with van der Waals surface area (Å²) >= 11 is 1.63. The van der Waals surface area contributed by atoms with Crippen molar-refractivity contribution in [2.45, 2.75) is 25.8 Å². The number of amides is 1. The molecule has 2 heterocycles. The first-order chi connectivity index (χ1) is 9.79. The summed E-state index contributed by atoms with van der Waals surface area (Å²) < 4.78 is 5.27. The van der Waals surface area contributed by atoms with Crippen LogP contribution in [-0.2, 0) is 17.8 Å². The fourth-order valence-electron chi connectivity index (χ4n) is 1.91. The Bertz CT molecular complexity index is 555. The van der Waals surface area contributed by atoms with Crippen LogP contribution in [0.2, 0.25) is 0 Å². The van der Waals surface area contributed by atoms with E-state index < -0.39 is 0 Å². The van der Waals surface area contributed by atoms with E-state index in [9.17, 15) is 4.79 Å². The normalized spacial score (nSPS) is 10.2. The Morgan fingerprint density at radius 1 is 1.45 bits per heavy atom. The molecule has 0 aliphatic rings. The van der Waals surface area contributed by atoms with Crippen molar-refractivity contribution < 1.29 is 9.21 Å².